The number of hydrogen-bond donors (Lipinski definition) is 2. The number of esters is 3. The van der Waals surface area contributed by atoms with Crippen LogP contribution in [0.4, 0.5) is 0 Å². The molecule has 3 aromatic carbocycles. The summed E-state index contributed by atoms with van der Waals surface area (Å²) in [7, 11) is 0. The van der Waals surface area contributed by atoms with E-state index in [1.807, 2.05) is 37.3 Å². The molecule has 9 nitrogen and oxygen atoms in total. The molecule has 57 heavy (non-hydrogen) atoms. The third-order valence-electron chi connectivity index (χ3n) is 10.4. The minimum absolute atomic E-state index is 0.0339. The number of carbonyl (C=O) groups excluding carboxylic acids is 4. The maximum atomic E-state index is 12.8. The van der Waals surface area contributed by atoms with E-state index < -0.39 is 24.1 Å². The molecule has 4 unspecified atom stereocenters. The largest absolute Gasteiger partial charge is 0.460 e. The molecule has 312 valence electrons. The number of ketones is 1. The molecule has 0 aromatic heterocycles. The standard InChI is InChI=1S/C48H68N2O7/c1-38(49)44(56-47(53)40-29-19-15-20-30-40)35-25-13-9-11-24-34-42(51)33-23-10-7-5-3-2-4-6-8-12-26-36-45(57-48(54)41-31-21-16-22-32-41)43(50)37-55-46(52)39-27-17-14-18-28-39/h14-22,27-32,38,43-45H,2-13,23-26,33-37,49-50H2,1H3. The summed E-state index contributed by atoms with van der Waals surface area (Å²) in [6.45, 7) is 1.85. The molecule has 0 saturated heterocycles. The first-order chi connectivity index (χ1) is 27.7. The molecule has 4 atom stereocenters. The van der Waals surface area contributed by atoms with E-state index in [0.29, 0.717) is 41.7 Å². The molecule has 3 aromatic rings. The summed E-state index contributed by atoms with van der Waals surface area (Å²) in [5.41, 5.74) is 14.0. The highest BCUT2D eigenvalue weighted by Gasteiger charge is 2.24. The van der Waals surface area contributed by atoms with Gasteiger partial charge >= 0.3 is 17.9 Å². The summed E-state index contributed by atoms with van der Waals surface area (Å²) in [6.07, 6.45) is 19.3. The molecule has 3 rings (SSSR count). The van der Waals surface area contributed by atoms with Crippen molar-refractivity contribution in [3.8, 4) is 0 Å². The van der Waals surface area contributed by atoms with Crippen molar-refractivity contribution in [3.63, 3.8) is 0 Å². The Morgan fingerprint density at radius 2 is 0.789 bits per heavy atom. The van der Waals surface area contributed by atoms with Crippen LogP contribution in [0.1, 0.15) is 166 Å². The van der Waals surface area contributed by atoms with Gasteiger partial charge in [0.25, 0.3) is 0 Å². The fourth-order valence-corrected chi connectivity index (χ4v) is 6.87. The molecule has 0 aliphatic rings. The number of Topliss-reactive ketones (excluding diaryl/α,β-unsaturated/α-hetero) is 1. The molecule has 9 heteroatoms. The quantitative estimate of drug-likeness (QED) is 0.0369. The number of ether oxygens (including phenoxy) is 3. The lowest BCUT2D eigenvalue weighted by Crippen LogP contribution is -2.42. The van der Waals surface area contributed by atoms with Gasteiger partial charge in [-0.2, -0.15) is 0 Å². The van der Waals surface area contributed by atoms with Crippen molar-refractivity contribution in [3.05, 3.63) is 108 Å². The van der Waals surface area contributed by atoms with Gasteiger partial charge in [0, 0.05) is 18.9 Å². The van der Waals surface area contributed by atoms with Crippen LogP contribution in [-0.2, 0) is 19.0 Å². The van der Waals surface area contributed by atoms with E-state index in [4.69, 9.17) is 25.7 Å². The predicted octanol–water partition coefficient (Wildman–Crippen LogP) is 10.3. The Morgan fingerprint density at radius 1 is 0.456 bits per heavy atom. The second-order valence-corrected chi connectivity index (χ2v) is 15.4. The molecule has 0 fully saturated rings. The highest BCUT2D eigenvalue weighted by Crippen LogP contribution is 2.18. The van der Waals surface area contributed by atoms with Gasteiger partial charge in [0.2, 0.25) is 0 Å². The smallest absolute Gasteiger partial charge is 0.338 e. The lowest BCUT2D eigenvalue weighted by molar-refractivity contribution is -0.119. The monoisotopic (exact) mass is 785 g/mol. The Labute approximate surface area is 341 Å². The maximum absolute atomic E-state index is 12.8. The number of hydrogen-bond acceptors (Lipinski definition) is 9. The summed E-state index contributed by atoms with van der Waals surface area (Å²) in [5, 5.41) is 0. The summed E-state index contributed by atoms with van der Waals surface area (Å²) in [5.74, 6) is -0.815. The highest BCUT2D eigenvalue weighted by atomic mass is 16.6. The first kappa shape index (κ1) is 47.0. The number of carbonyl (C=O) groups is 4. The Hall–Kier alpha value is -4.34. The van der Waals surface area contributed by atoms with Gasteiger partial charge in [-0.05, 0) is 81.8 Å². The minimum Gasteiger partial charge on any atom is -0.460 e. The van der Waals surface area contributed by atoms with Crippen LogP contribution in [0.25, 0.3) is 0 Å². The Balaban J connectivity index is 1.15. The van der Waals surface area contributed by atoms with Crippen LogP contribution in [0.3, 0.4) is 0 Å². The van der Waals surface area contributed by atoms with E-state index in [9.17, 15) is 19.2 Å². The fourth-order valence-electron chi connectivity index (χ4n) is 6.87. The summed E-state index contributed by atoms with van der Waals surface area (Å²) in [4.78, 5) is 50.0. The first-order valence-corrected chi connectivity index (χ1v) is 21.5. The van der Waals surface area contributed by atoms with E-state index in [2.05, 4.69) is 0 Å². The highest BCUT2D eigenvalue weighted by molar-refractivity contribution is 5.90. The van der Waals surface area contributed by atoms with E-state index in [1.165, 1.54) is 38.5 Å². The fraction of sp³-hybridized carbons (Fsp3) is 0.542. The minimum atomic E-state index is -0.628. The Kier molecular flexibility index (Phi) is 23.9. The van der Waals surface area contributed by atoms with Gasteiger partial charge in [-0.25, -0.2) is 14.4 Å². The topological polar surface area (TPSA) is 148 Å². The van der Waals surface area contributed by atoms with Gasteiger partial charge in [0.05, 0.1) is 22.7 Å². The van der Waals surface area contributed by atoms with Gasteiger partial charge in [-0.1, -0.05) is 132 Å². The van der Waals surface area contributed by atoms with Crippen molar-refractivity contribution in [2.24, 2.45) is 11.5 Å². The van der Waals surface area contributed by atoms with Gasteiger partial charge < -0.3 is 25.7 Å². The molecule has 0 aliphatic carbocycles. The molecule has 0 aliphatic heterocycles. The van der Waals surface area contributed by atoms with Crippen molar-refractivity contribution in [2.45, 2.75) is 160 Å². The lowest BCUT2D eigenvalue weighted by atomic mass is 10.0. The van der Waals surface area contributed by atoms with Crippen LogP contribution in [0.15, 0.2) is 91.0 Å². The third-order valence-corrected chi connectivity index (χ3v) is 10.4. The third kappa shape index (κ3) is 20.6. The molecule has 0 spiro atoms. The van der Waals surface area contributed by atoms with Crippen molar-refractivity contribution < 1.29 is 33.4 Å². The van der Waals surface area contributed by atoms with Crippen molar-refractivity contribution in [2.75, 3.05) is 6.61 Å². The zero-order chi connectivity index (χ0) is 40.9. The van der Waals surface area contributed by atoms with Crippen LogP contribution in [-0.4, -0.2) is 54.6 Å². The summed E-state index contributed by atoms with van der Waals surface area (Å²) in [6, 6.07) is 25.8. The molecule has 0 radical (unpaired) electrons. The molecule has 0 heterocycles. The molecule has 4 N–H and O–H groups in total. The normalized spacial score (nSPS) is 13.2. The van der Waals surface area contributed by atoms with Crippen LogP contribution in [0.5, 0.6) is 0 Å². The number of nitrogens with two attached hydrogens (primary N) is 2. The van der Waals surface area contributed by atoms with Gasteiger partial charge in [0.15, 0.2) is 0 Å². The van der Waals surface area contributed by atoms with Crippen molar-refractivity contribution >= 4 is 23.7 Å². The number of unbranched alkanes of at least 4 members (excludes halogenated alkanes) is 14. The second kappa shape index (κ2) is 29.0. The Bertz CT molecular complexity index is 1530. The van der Waals surface area contributed by atoms with E-state index >= 15 is 0 Å². The maximum Gasteiger partial charge on any atom is 0.338 e. The lowest BCUT2D eigenvalue weighted by Gasteiger charge is -2.24. The van der Waals surface area contributed by atoms with Gasteiger partial charge in [0.1, 0.15) is 24.6 Å². The second-order valence-electron chi connectivity index (χ2n) is 15.4. The van der Waals surface area contributed by atoms with E-state index in [-0.39, 0.29) is 24.7 Å². The zero-order valence-corrected chi connectivity index (χ0v) is 34.3. The molecule has 0 bridgehead atoms. The van der Waals surface area contributed by atoms with Crippen LogP contribution in [0.2, 0.25) is 0 Å². The summed E-state index contributed by atoms with van der Waals surface area (Å²) >= 11 is 0. The average molecular weight is 785 g/mol. The molecule has 0 saturated carbocycles. The van der Waals surface area contributed by atoms with Crippen molar-refractivity contribution in [1.82, 2.24) is 0 Å². The van der Waals surface area contributed by atoms with Gasteiger partial charge in [-0.3, -0.25) is 4.79 Å². The SMILES string of the molecule is CC(N)C(CCCCCCCC(=O)CCCCCCCCCCCCCC(OC(=O)c1ccccc1)C(N)COC(=O)c1ccccc1)OC(=O)c1ccccc1. The Morgan fingerprint density at radius 3 is 1.19 bits per heavy atom. The van der Waals surface area contributed by atoms with E-state index in [1.54, 1.807) is 60.7 Å². The van der Waals surface area contributed by atoms with E-state index in [0.717, 1.165) is 70.6 Å². The first-order valence-electron chi connectivity index (χ1n) is 21.5. The number of rotatable bonds is 31. The average Bonchev–Trinajstić information content (AvgIpc) is 3.23. The van der Waals surface area contributed by atoms with Crippen molar-refractivity contribution in [1.29, 1.82) is 0 Å². The van der Waals surface area contributed by atoms with Crippen LogP contribution < -0.4 is 11.5 Å². The number of benzene rings is 3. The van der Waals surface area contributed by atoms with Crippen LogP contribution in [0, 0.1) is 0 Å². The van der Waals surface area contributed by atoms with Crippen LogP contribution >= 0.6 is 0 Å². The zero-order valence-electron chi connectivity index (χ0n) is 34.3. The molecular weight excluding hydrogens is 717 g/mol. The predicted molar refractivity (Wildman–Crippen MR) is 227 cm³/mol. The summed E-state index contributed by atoms with van der Waals surface area (Å²) < 4.78 is 16.9. The molecular formula is C48H68N2O7. The van der Waals surface area contributed by atoms with Gasteiger partial charge in [-0.15, -0.1) is 0 Å². The molecule has 0 amide bonds.